The van der Waals surface area contributed by atoms with Crippen LogP contribution < -0.4 is 0 Å². The van der Waals surface area contributed by atoms with Gasteiger partial charge in [0.05, 0.1) is 36.4 Å². The van der Waals surface area contributed by atoms with E-state index in [1.54, 1.807) is 0 Å². The SMILES string of the molecule is CC(=O)O[C@H]1CCOC[C@@H](Br)[C@@H]2C[C@H](Br)[C@H](C[C@H]1O)O2. The van der Waals surface area contributed by atoms with Crippen molar-refractivity contribution in [2.24, 2.45) is 0 Å². The fraction of sp³-hybridized carbons (Fsp3) is 0.923. The molecule has 0 unspecified atom stereocenters. The van der Waals surface area contributed by atoms with Crippen molar-refractivity contribution in [1.29, 1.82) is 0 Å². The first-order valence-corrected chi connectivity index (χ1v) is 8.67. The van der Waals surface area contributed by atoms with Gasteiger partial charge in [-0.25, -0.2) is 0 Å². The molecule has 2 saturated heterocycles. The molecule has 0 aromatic carbocycles. The molecule has 1 N–H and O–H groups in total. The average molecular weight is 416 g/mol. The Hall–Kier alpha value is 0.310. The summed E-state index contributed by atoms with van der Waals surface area (Å²) in [6, 6.07) is 0. The van der Waals surface area contributed by atoms with Crippen molar-refractivity contribution < 1.29 is 24.1 Å². The fourth-order valence-corrected chi connectivity index (χ4v) is 3.85. The molecule has 20 heavy (non-hydrogen) atoms. The van der Waals surface area contributed by atoms with Crippen molar-refractivity contribution in [3.8, 4) is 0 Å². The lowest BCUT2D eigenvalue weighted by Gasteiger charge is -2.25. The molecular formula is C13H20Br2O5. The number of halogens is 2. The monoisotopic (exact) mass is 414 g/mol. The zero-order valence-corrected chi connectivity index (χ0v) is 14.5. The van der Waals surface area contributed by atoms with E-state index in [2.05, 4.69) is 31.9 Å². The maximum atomic E-state index is 11.1. The van der Waals surface area contributed by atoms with Gasteiger partial charge < -0.3 is 19.3 Å². The molecule has 2 aliphatic heterocycles. The number of hydrogen-bond acceptors (Lipinski definition) is 5. The lowest BCUT2D eigenvalue weighted by Crippen LogP contribution is -2.36. The maximum Gasteiger partial charge on any atom is 0.302 e. The highest BCUT2D eigenvalue weighted by Crippen LogP contribution is 2.34. The largest absolute Gasteiger partial charge is 0.460 e. The van der Waals surface area contributed by atoms with Crippen molar-refractivity contribution >= 4 is 37.8 Å². The van der Waals surface area contributed by atoms with E-state index in [1.165, 1.54) is 6.92 Å². The standard InChI is InChI=1S/C13H20Br2O5/c1-7(16)19-11-2-3-18-6-9(15)12-4-8(14)13(20-12)5-10(11)17/h8-13,17H,2-6H2,1H3/t8-,9+,10+,11-,12-,13-/m0/s1. The quantitative estimate of drug-likeness (QED) is 0.522. The van der Waals surface area contributed by atoms with Gasteiger partial charge in [-0.3, -0.25) is 4.79 Å². The normalized spacial score (nSPS) is 42.8. The average Bonchev–Trinajstić information content (AvgIpc) is 2.72. The lowest BCUT2D eigenvalue weighted by atomic mass is 10.0. The number of aliphatic hydroxyl groups excluding tert-OH is 1. The van der Waals surface area contributed by atoms with Gasteiger partial charge in [0.15, 0.2) is 0 Å². The predicted octanol–water partition coefficient (Wildman–Crippen LogP) is 1.77. The zero-order chi connectivity index (χ0) is 14.7. The summed E-state index contributed by atoms with van der Waals surface area (Å²) in [5, 5.41) is 10.3. The highest BCUT2D eigenvalue weighted by atomic mass is 79.9. The van der Waals surface area contributed by atoms with Gasteiger partial charge in [0.2, 0.25) is 0 Å². The first-order valence-electron chi connectivity index (χ1n) is 6.84. The van der Waals surface area contributed by atoms with E-state index >= 15 is 0 Å². The molecule has 0 aromatic heterocycles. The maximum absolute atomic E-state index is 11.1. The van der Waals surface area contributed by atoms with Gasteiger partial charge in [0.1, 0.15) is 6.10 Å². The summed E-state index contributed by atoms with van der Waals surface area (Å²) in [6.07, 6.45) is 0.525. The summed E-state index contributed by atoms with van der Waals surface area (Å²) in [6.45, 7) is 2.34. The van der Waals surface area contributed by atoms with Crippen molar-refractivity contribution in [3.05, 3.63) is 0 Å². The highest BCUT2D eigenvalue weighted by Gasteiger charge is 2.40. The van der Waals surface area contributed by atoms with Gasteiger partial charge in [0, 0.05) is 24.6 Å². The summed E-state index contributed by atoms with van der Waals surface area (Å²) in [5.74, 6) is -0.386. The third kappa shape index (κ3) is 4.40. The van der Waals surface area contributed by atoms with E-state index in [-0.39, 0.29) is 27.8 Å². The molecule has 2 heterocycles. The van der Waals surface area contributed by atoms with Crippen LogP contribution in [0.25, 0.3) is 0 Å². The molecule has 0 aliphatic carbocycles. The number of rotatable bonds is 1. The molecule has 0 saturated carbocycles. The summed E-state index contributed by atoms with van der Waals surface area (Å²) in [5.41, 5.74) is 0. The van der Waals surface area contributed by atoms with Crippen LogP contribution in [-0.2, 0) is 19.0 Å². The summed E-state index contributed by atoms with van der Waals surface area (Å²) < 4.78 is 16.7. The Balaban J connectivity index is 2.05. The predicted molar refractivity (Wildman–Crippen MR) is 80.3 cm³/mol. The minimum atomic E-state index is -0.738. The molecule has 0 radical (unpaired) electrons. The molecule has 0 aromatic rings. The molecule has 2 aliphatic rings. The Kier molecular flexibility index (Phi) is 6.28. The van der Waals surface area contributed by atoms with Crippen LogP contribution in [0.4, 0.5) is 0 Å². The van der Waals surface area contributed by atoms with Gasteiger partial charge in [-0.15, -0.1) is 0 Å². The molecule has 2 bridgehead atoms. The van der Waals surface area contributed by atoms with Gasteiger partial charge in [-0.2, -0.15) is 0 Å². The Bertz CT molecular complexity index is 341. The van der Waals surface area contributed by atoms with Crippen LogP contribution >= 0.6 is 31.9 Å². The summed E-state index contributed by atoms with van der Waals surface area (Å²) in [4.78, 5) is 11.5. The Labute approximate surface area is 135 Å². The summed E-state index contributed by atoms with van der Waals surface area (Å²) in [7, 11) is 0. The highest BCUT2D eigenvalue weighted by molar-refractivity contribution is 9.09. The molecule has 116 valence electrons. The second kappa shape index (κ2) is 7.54. The van der Waals surface area contributed by atoms with Crippen molar-refractivity contribution in [2.75, 3.05) is 13.2 Å². The van der Waals surface area contributed by atoms with E-state index in [0.29, 0.717) is 26.1 Å². The van der Waals surface area contributed by atoms with Gasteiger partial charge >= 0.3 is 5.97 Å². The van der Waals surface area contributed by atoms with Crippen LogP contribution in [0.5, 0.6) is 0 Å². The first kappa shape index (κ1) is 16.7. The van der Waals surface area contributed by atoms with Crippen LogP contribution in [0, 0.1) is 0 Å². The van der Waals surface area contributed by atoms with Gasteiger partial charge in [0.25, 0.3) is 0 Å². The van der Waals surface area contributed by atoms with Crippen LogP contribution in [-0.4, -0.2) is 58.4 Å². The number of ether oxygens (including phenoxy) is 3. The number of fused-ring (bicyclic) bond motifs is 2. The summed E-state index contributed by atoms with van der Waals surface area (Å²) >= 11 is 7.20. The van der Waals surface area contributed by atoms with Crippen LogP contribution in [0.1, 0.15) is 26.2 Å². The number of carbonyl (C=O) groups is 1. The zero-order valence-electron chi connectivity index (χ0n) is 11.3. The van der Waals surface area contributed by atoms with E-state index in [1.807, 2.05) is 0 Å². The van der Waals surface area contributed by atoms with Gasteiger partial charge in [-0.05, 0) is 6.42 Å². The van der Waals surface area contributed by atoms with E-state index in [9.17, 15) is 9.90 Å². The second-order valence-electron chi connectivity index (χ2n) is 5.30. The number of carbonyl (C=O) groups excluding carboxylic acids is 1. The van der Waals surface area contributed by atoms with E-state index in [4.69, 9.17) is 14.2 Å². The van der Waals surface area contributed by atoms with Crippen molar-refractivity contribution in [3.63, 3.8) is 0 Å². The van der Waals surface area contributed by atoms with Crippen molar-refractivity contribution in [1.82, 2.24) is 0 Å². The number of aliphatic hydroxyl groups is 1. The van der Waals surface area contributed by atoms with Crippen LogP contribution in [0.15, 0.2) is 0 Å². The number of esters is 1. The smallest absolute Gasteiger partial charge is 0.302 e. The third-order valence-electron chi connectivity index (χ3n) is 3.66. The molecule has 6 atom stereocenters. The van der Waals surface area contributed by atoms with E-state index < -0.39 is 12.2 Å². The first-order chi connectivity index (χ1) is 9.47. The second-order valence-corrected chi connectivity index (χ2v) is 7.65. The number of hydrogen-bond donors (Lipinski definition) is 1. The van der Waals surface area contributed by atoms with Crippen molar-refractivity contribution in [2.45, 2.75) is 60.3 Å². The lowest BCUT2D eigenvalue weighted by molar-refractivity contribution is -0.154. The van der Waals surface area contributed by atoms with Crippen LogP contribution in [0.2, 0.25) is 0 Å². The topological polar surface area (TPSA) is 65.0 Å². The minimum Gasteiger partial charge on any atom is -0.460 e. The third-order valence-corrected chi connectivity index (χ3v) is 5.48. The Morgan fingerprint density at radius 3 is 2.65 bits per heavy atom. The minimum absolute atomic E-state index is 0.0712. The molecular weight excluding hydrogens is 396 g/mol. The Morgan fingerprint density at radius 2 is 1.95 bits per heavy atom. The fourth-order valence-electron chi connectivity index (χ4n) is 2.61. The molecule has 5 nitrogen and oxygen atoms in total. The molecule has 0 amide bonds. The molecule has 2 fully saturated rings. The van der Waals surface area contributed by atoms with E-state index in [0.717, 1.165) is 6.42 Å². The number of alkyl halides is 2. The van der Waals surface area contributed by atoms with Crippen LogP contribution in [0.3, 0.4) is 0 Å². The molecule has 2 rings (SSSR count). The molecule has 0 spiro atoms. The molecule has 7 heteroatoms. The van der Waals surface area contributed by atoms with Gasteiger partial charge in [-0.1, -0.05) is 31.9 Å². The Morgan fingerprint density at radius 1 is 1.25 bits per heavy atom.